The van der Waals surface area contributed by atoms with Crippen LogP contribution in [0.4, 0.5) is 4.79 Å². The predicted molar refractivity (Wildman–Crippen MR) is 82.8 cm³/mol. The summed E-state index contributed by atoms with van der Waals surface area (Å²) in [7, 11) is 0. The van der Waals surface area contributed by atoms with Crippen LogP contribution in [0.5, 0.6) is 0 Å². The summed E-state index contributed by atoms with van der Waals surface area (Å²) in [5.41, 5.74) is 1.54. The van der Waals surface area contributed by atoms with E-state index in [0.717, 1.165) is 24.0 Å². The van der Waals surface area contributed by atoms with Crippen molar-refractivity contribution in [3.05, 3.63) is 48.0 Å². The smallest absolute Gasteiger partial charge is 0.411 e. The van der Waals surface area contributed by atoms with Gasteiger partial charge in [-0.2, -0.15) is 0 Å². The van der Waals surface area contributed by atoms with Crippen molar-refractivity contribution in [3.8, 4) is 0 Å². The van der Waals surface area contributed by atoms with E-state index in [9.17, 15) is 4.79 Å². The monoisotopic (exact) mass is 285 g/mol. The molecule has 2 fully saturated rings. The molecule has 1 amide bonds. The van der Waals surface area contributed by atoms with Gasteiger partial charge in [0.25, 0.3) is 0 Å². The molecule has 1 aromatic rings. The highest BCUT2D eigenvalue weighted by atomic mass is 16.6. The fraction of sp³-hybridized carbons (Fsp3) is 0.500. The highest BCUT2D eigenvalue weighted by Gasteiger charge is 2.66. The van der Waals surface area contributed by atoms with Crippen LogP contribution in [0, 0.1) is 5.92 Å². The van der Waals surface area contributed by atoms with E-state index >= 15 is 0 Å². The maximum atomic E-state index is 12.4. The van der Waals surface area contributed by atoms with Crippen LogP contribution in [0.1, 0.15) is 39.2 Å². The molecular formula is C18H23NO2. The zero-order valence-electron chi connectivity index (χ0n) is 13.1. The average Bonchev–Trinajstić information content (AvgIpc) is 2.79. The van der Waals surface area contributed by atoms with Crippen molar-refractivity contribution in [3.63, 3.8) is 0 Å². The number of carbonyl (C=O) groups excluding carboxylic acids is 1. The van der Waals surface area contributed by atoms with Gasteiger partial charge in [0, 0.05) is 12.5 Å². The topological polar surface area (TPSA) is 29.5 Å². The van der Waals surface area contributed by atoms with Crippen molar-refractivity contribution in [1.82, 2.24) is 4.90 Å². The quantitative estimate of drug-likeness (QED) is 0.781. The minimum Gasteiger partial charge on any atom is -0.441 e. The third kappa shape index (κ3) is 1.90. The molecule has 3 rings (SSSR count). The van der Waals surface area contributed by atoms with Gasteiger partial charge in [-0.3, -0.25) is 4.90 Å². The Bertz CT molecular complexity index is 582. The van der Waals surface area contributed by atoms with Gasteiger partial charge in [0.05, 0.1) is 5.54 Å². The number of rotatable bonds is 3. The molecule has 112 valence electrons. The Morgan fingerprint density at radius 1 is 1.38 bits per heavy atom. The highest BCUT2D eigenvalue weighted by molar-refractivity contribution is 5.73. The molecule has 1 aromatic carbocycles. The molecular weight excluding hydrogens is 262 g/mol. The lowest BCUT2D eigenvalue weighted by Crippen LogP contribution is -2.55. The molecule has 1 saturated heterocycles. The molecule has 3 atom stereocenters. The van der Waals surface area contributed by atoms with E-state index in [2.05, 4.69) is 39.5 Å². The molecule has 3 nitrogen and oxygen atoms in total. The first-order chi connectivity index (χ1) is 9.88. The van der Waals surface area contributed by atoms with Crippen LogP contribution < -0.4 is 0 Å². The van der Waals surface area contributed by atoms with Gasteiger partial charge in [0.15, 0.2) is 0 Å². The van der Waals surface area contributed by atoms with Crippen LogP contribution in [0.3, 0.4) is 0 Å². The third-order valence-electron chi connectivity index (χ3n) is 5.53. The van der Waals surface area contributed by atoms with Crippen LogP contribution in [-0.4, -0.2) is 22.1 Å². The van der Waals surface area contributed by atoms with E-state index in [0.29, 0.717) is 6.54 Å². The maximum Gasteiger partial charge on any atom is 0.411 e. The third-order valence-corrected chi connectivity index (χ3v) is 5.53. The molecule has 1 saturated carbocycles. The molecule has 1 aliphatic heterocycles. The Morgan fingerprint density at radius 3 is 2.67 bits per heavy atom. The number of hydrogen-bond acceptors (Lipinski definition) is 2. The van der Waals surface area contributed by atoms with E-state index < -0.39 is 5.60 Å². The summed E-state index contributed by atoms with van der Waals surface area (Å²) in [6, 6.07) is 10.1. The Kier molecular flexibility index (Phi) is 3.12. The molecule has 0 unspecified atom stereocenters. The summed E-state index contributed by atoms with van der Waals surface area (Å²) in [6.07, 6.45) is 1.73. The fourth-order valence-corrected chi connectivity index (χ4v) is 4.11. The molecule has 2 aliphatic rings. The second kappa shape index (κ2) is 4.62. The molecule has 0 N–H and O–H groups in total. The van der Waals surface area contributed by atoms with Gasteiger partial charge >= 0.3 is 6.09 Å². The van der Waals surface area contributed by atoms with Crippen molar-refractivity contribution in [2.45, 2.75) is 51.3 Å². The molecule has 0 aromatic heterocycles. The first-order valence-electron chi connectivity index (χ1n) is 7.58. The largest absolute Gasteiger partial charge is 0.441 e. The first kappa shape index (κ1) is 14.2. The van der Waals surface area contributed by atoms with Gasteiger partial charge in [-0.05, 0) is 39.2 Å². The number of fused-ring (bicyclic) bond motifs is 1. The van der Waals surface area contributed by atoms with Gasteiger partial charge in [0.1, 0.15) is 5.60 Å². The molecule has 1 heterocycles. The van der Waals surface area contributed by atoms with Crippen LogP contribution in [0.25, 0.3) is 0 Å². The van der Waals surface area contributed by atoms with Gasteiger partial charge in [-0.15, -0.1) is 0 Å². The Hall–Kier alpha value is -1.77. The first-order valence-corrected chi connectivity index (χ1v) is 7.58. The Balaban J connectivity index is 1.99. The van der Waals surface area contributed by atoms with Gasteiger partial charge in [-0.1, -0.05) is 42.5 Å². The number of nitrogens with zero attached hydrogens (tertiary/aromatic N) is 1. The SMILES string of the molecule is C=C(C)[C@H]1CC[C@]2(C)OC(=O)N(Cc3ccccc3)[C@]12C. The van der Waals surface area contributed by atoms with E-state index in [1.807, 2.05) is 23.1 Å². The standard InChI is InChI=1S/C18H23NO2/c1-13(2)15-10-11-17(3)18(15,4)19(16(20)21-17)12-14-8-6-5-7-9-14/h5-9,15H,1,10-12H2,2-4H3/t15-,17+,18-/m1/s1. The fourth-order valence-electron chi connectivity index (χ4n) is 4.11. The lowest BCUT2D eigenvalue weighted by molar-refractivity contribution is 0.0213. The number of hydrogen-bond donors (Lipinski definition) is 0. The molecule has 0 radical (unpaired) electrons. The number of ether oxygens (including phenoxy) is 1. The second-order valence-corrected chi connectivity index (χ2v) is 6.76. The summed E-state index contributed by atoms with van der Waals surface area (Å²) < 4.78 is 5.79. The molecule has 0 bridgehead atoms. The van der Waals surface area contributed by atoms with E-state index in [-0.39, 0.29) is 17.6 Å². The van der Waals surface area contributed by atoms with Crippen molar-refractivity contribution >= 4 is 6.09 Å². The predicted octanol–water partition coefficient (Wildman–Crippen LogP) is 4.14. The summed E-state index contributed by atoms with van der Waals surface area (Å²) in [5, 5.41) is 0. The van der Waals surface area contributed by atoms with Crippen LogP contribution in [-0.2, 0) is 11.3 Å². The summed E-state index contributed by atoms with van der Waals surface area (Å²) in [6.45, 7) is 11.0. The summed E-state index contributed by atoms with van der Waals surface area (Å²) in [4.78, 5) is 14.4. The molecule has 3 heteroatoms. The Morgan fingerprint density at radius 2 is 2.05 bits per heavy atom. The van der Waals surface area contributed by atoms with Crippen molar-refractivity contribution in [2.75, 3.05) is 0 Å². The average molecular weight is 285 g/mol. The normalized spacial score (nSPS) is 34.7. The van der Waals surface area contributed by atoms with Gasteiger partial charge < -0.3 is 4.74 Å². The Labute approximate surface area is 126 Å². The molecule has 1 aliphatic carbocycles. The lowest BCUT2D eigenvalue weighted by atomic mass is 9.76. The molecule has 0 spiro atoms. The van der Waals surface area contributed by atoms with Gasteiger partial charge in [-0.25, -0.2) is 4.79 Å². The minimum absolute atomic E-state index is 0.199. The maximum absolute atomic E-state index is 12.4. The number of benzene rings is 1. The highest BCUT2D eigenvalue weighted by Crippen LogP contribution is 2.56. The van der Waals surface area contributed by atoms with Crippen LogP contribution >= 0.6 is 0 Å². The number of carbonyl (C=O) groups is 1. The van der Waals surface area contributed by atoms with E-state index in [4.69, 9.17) is 4.74 Å². The minimum atomic E-state index is -0.414. The second-order valence-electron chi connectivity index (χ2n) is 6.76. The zero-order valence-corrected chi connectivity index (χ0v) is 13.1. The lowest BCUT2D eigenvalue weighted by Gasteiger charge is -2.41. The van der Waals surface area contributed by atoms with Crippen molar-refractivity contribution < 1.29 is 9.53 Å². The van der Waals surface area contributed by atoms with Crippen molar-refractivity contribution in [2.24, 2.45) is 5.92 Å². The van der Waals surface area contributed by atoms with Crippen LogP contribution in [0.15, 0.2) is 42.5 Å². The zero-order chi connectivity index (χ0) is 15.3. The summed E-state index contributed by atoms with van der Waals surface area (Å²) >= 11 is 0. The molecule has 21 heavy (non-hydrogen) atoms. The number of amides is 1. The summed E-state index contributed by atoms with van der Waals surface area (Å²) in [5.74, 6) is 0.290. The van der Waals surface area contributed by atoms with E-state index in [1.165, 1.54) is 0 Å². The van der Waals surface area contributed by atoms with Crippen LogP contribution in [0.2, 0.25) is 0 Å². The van der Waals surface area contributed by atoms with E-state index in [1.54, 1.807) is 0 Å². The van der Waals surface area contributed by atoms with Crippen molar-refractivity contribution in [1.29, 1.82) is 0 Å². The van der Waals surface area contributed by atoms with Gasteiger partial charge in [0.2, 0.25) is 0 Å².